The molecule has 0 aliphatic carbocycles. The van der Waals surface area contributed by atoms with Crippen molar-refractivity contribution < 1.29 is 19.3 Å². The van der Waals surface area contributed by atoms with Gasteiger partial charge in [-0.15, -0.1) is 0 Å². The van der Waals surface area contributed by atoms with E-state index in [1.807, 2.05) is 30.5 Å². The molecule has 0 bridgehead atoms. The van der Waals surface area contributed by atoms with Crippen LogP contribution in [0.1, 0.15) is 37.6 Å². The Labute approximate surface area is 231 Å². The van der Waals surface area contributed by atoms with Crippen LogP contribution in [0.3, 0.4) is 0 Å². The topological polar surface area (TPSA) is 94.8 Å². The Morgan fingerprint density at radius 3 is 2.31 bits per heavy atom. The Morgan fingerprint density at radius 1 is 0.974 bits per heavy atom. The van der Waals surface area contributed by atoms with Gasteiger partial charge < -0.3 is 24.2 Å². The Kier molecular flexibility index (Phi) is 5.91. The zero-order chi connectivity index (χ0) is 26.8. The van der Waals surface area contributed by atoms with E-state index in [-0.39, 0.29) is 17.3 Å². The van der Waals surface area contributed by atoms with E-state index >= 15 is 0 Å². The molecule has 1 N–H and O–H groups in total. The molecule has 3 aliphatic heterocycles. The Balaban J connectivity index is 1.28. The van der Waals surface area contributed by atoms with Gasteiger partial charge in [-0.05, 0) is 43.0 Å². The summed E-state index contributed by atoms with van der Waals surface area (Å²) in [4.78, 5) is 16.2. The second-order valence-corrected chi connectivity index (χ2v) is 11.3. The Bertz CT molecular complexity index is 1460. The van der Waals surface area contributed by atoms with Crippen LogP contribution >= 0.6 is 11.6 Å². The molecule has 7 rings (SSSR count). The lowest BCUT2D eigenvalue weighted by molar-refractivity contribution is -0.199. The fraction of sp³-hybridized carbons (Fsp3) is 0.414. The molecule has 39 heavy (non-hydrogen) atoms. The number of anilines is 1. The summed E-state index contributed by atoms with van der Waals surface area (Å²) in [7, 11) is 0. The molecule has 3 saturated heterocycles. The summed E-state index contributed by atoms with van der Waals surface area (Å²) >= 11 is 6.53. The molecule has 4 aromatic rings. The van der Waals surface area contributed by atoms with E-state index in [9.17, 15) is 5.11 Å². The molecule has 9 nitrogen and oxygen atoms in total. The molecule has 0 spiro atoms. The number of ether oxygens (including phenoxy) is 3. The second kappa shape index (κ2) is 9.25. The van der Waals surface area contributed by atoms with Gasteiger partial charge in [-0.2, -0.15) is 9.97 Å². The monoisotopic (exact) mass is 547 g/mol. The number of aromatic nitrogens is 4. The number of benzene rings is 2. The lowest BCUT2D eigenvalue weighted by atomic mass is 9.74. The van der Waals surface area contributed by atoms with Crippen LogP contribution in [0.4, 0.5) is 5.82 Å². The second-order valence-electron chi connectivity index (χ2n) is 10.9. The van der Waals surface area contributed by atoms with E-state index < -0.39 is 30.3 Å². The maximum Gasteiger partial charge on any atom is 0.226 e. The van der Waals surface area contributed by atoms with Crippen LogP contribution in [-0.2, 0) is 19.6 Å². The van der Waals surface area contributed by atoms with Crippen molar-refractivity contribution in [2.75, 3.05) is 24.6 Å². The first-order chi connectivity index (χ1) is 18.9. The van der Waals surface area contributed by atoms with Crippen LogP contribution in [0, 0.1) is 0 Å². The van der Waals surface area contributed by atoms with Crippen molar-refractivity contribution in [2.24, 2.45) is 0 Å². The van der Waals surface area contributed by atoms with Crippen molar-refractivity contribution >= 4 is 28.6 Å². The van der Waals surface area contributed by atoms with E-state index in [0.717, 1.165) is 19.5 Å². The summed E-state index contributed by atoms with van der Waals surface area (Å²) in [5.74, 6) is -0.0955. The number of rotatable bonds is 5. The molecule has 0 radical (unpaired) electrons. The van der Waals surface area contributed by atoms with E-state index in [1.54, 1.807) is 6.33 Å². The number of imidazole rings is 1. The van der Waals surface area contributed by atoms with Gasteiger partial charge in [0.05, 0.1) is 12.9 Å². The number of aliphatic hydroxyl groups is 1. The van der Waals surface area contributed by atoms with Gasteiger partial charge in [-0.25, -0.2) is 4.98 Å². The molecule has 5 heterocycles. The first-order valence-electron chi connectivity index (χ1n) is 13.3. The highest BCUT2D eigenvalue weighted by Gasteiger charge is 2.56. The molecule has 0 saturated carbocycles. The van der Waals surface area contributed by atoms with Gasteiger partial charge in [0, 0.05) is 18.5 Å². The quantitative estimate of drug-likeness (QED) is 0.373. The molecule has 2 unspecified atom stereocenters. The van der Waals surface area contributed by atoms with Crippen LogP contribution in [0.15, 0.2) is 67.0 Å². The third kappa shape index (κ3) is 4.03. The minimum atomic E-state index is -0.785. The number of hydrogen-bond acceptors (Lipinski definition) is 8. The summed E-state index contributed by atoms with van der Waals surface area (Å²) < 4.78 is 20.2. The highest BCUT2D eigenvalue weighted by molar-refractivity contribution is 6.28. The van der Waals surface area contributed by atoms with Crippen LogP contribution in [0.25, 0.3) is 11.2 Å². The van der Waals surface area contributed by atoms with Crippen LogP contribution < -0.4 is 4.90 Å². The third-order valence-electron chi connectivity index (χ3n) is 8.18. The van der Waals surface area contributed by atoms with Crippen molar-refractivity contribution in [3.63, 3.8) is 0 Å². The van der Waals surface area contributed by atoms with Gasteiger partial charge in [-0.3, -0.25) is 4.57 Å². The van der Waals surface area contributed by atoms with Gasteiger partial charge >= 0.3 is 0 Å². The first-order valence-corrected chi connectivity index (χ1v) is 13.6. The summed E-state index contributed by atoms with van der Waals surface area (Å²) in [6, 6.07) is 21.3. The number of aliphatic hydroxyl groups excluding tert-OH is 1. The number of fused-ring (bicyclic) bond motifs is 2. The van der Waals surface area contributed by atoms with Crippen molar-refractivity contribution in [2.45, 2.75) is 56.0 Å². The Morgan fingerprint density at radius 2 is 1.64 bits per heavy atom. The molecule has 2 aromatic carbocycles. The largest absolute Gasteiger partial charge is 0.394 e. The maximum absolute atomic E-state index is 9.94. The van der Waals surface area contributed by atoms with Crippen molar-refractivity contribution in [3.05, 3.63) is 83.4 Å². The summed E-state index contributed by atoms with van der Waals surface area (Å²) in [6.45, 7) is 5.04. The van der Waals surface area contributed by atoms with Crippen LogP contribution in [0.2, 0.25) is 5.28 Å². The first kappa shape index (κ1) is 24.9. The molecule has 0 amide bonds. The van der Waals surface area contributed by atoms with Crippen molar-refractivity contribution in [1.29, 1.82) is 0 Å². The predicted molar refractivity (Wildman–Crippen MR) is 146 cm³/mol. The highest BCUT2D eigenvalue weighted by Crippen LogP contribution is 2.45. The lowest BCUT2D eigenvalue weighted by Gasteiger charge is -2.31. The minimum Gasteiger partial charge on any atom is -0.394 e. The van der Waals surface area contributed by atoms with E-state index in [1.165, 1.54) is 11.1 Å². The zero-order valence-electron chi connectivity index (χ0n) is 21.8. The third-order valence-corrected chi connectivity index (χ3v) is 8.35. The van der Waals surface area contributed by atoms with Gasteiger partial charge in [-0.1, -0.05) is 60.7 Å². The average molecular weight is 548 g/mol. The normalized spacial score (nSPS) is 27.3. The van der Waals surface area contributed by atoms with Crippen LogP contribution in [0.5, 0.6) is 0 Å². The number of hydrogen-bond donors (Lipinski definition) is 1. The van der Waals surface area contributed by atoms with Crippen molar-refractivity contribution in [1.82, 2.24) is 19.5 Å². The van der Waals surface area contributed by atoms with Crippen LogP contribution in [-0.4, -0.2) is 68.4 Å². The fourth-order valence-electron chi connectivity index (χ4n) is 6.46. The molecule has 3 aliphatic rings. The summed E-state index contributed by atoms with van der Waals surface area (Å²) in [6.07, 6.45) is 0.671. The van der Waals surface area contributed by atoms with Gasteiger partial charge in [0.1, 0.15) is 18.3 Å². The Hall–Kier alpha value is -3.08. The van der Waals surface area contributed by atoms with E-state index in [0.29, 0.717) is 17.0 Å². The minimum absolute atomic E-state index is 0.133. The fourth-order valence-corrected chi connectivity index (χ4v) is 6.62. The smallest absolute Gasteiger partial charge is 0.226 e. The zero-order valence-corrected chi connectivity index (χ0v) is 22.5. The average Bonchev–Trinajstić information content (AvgIpc) is 3.71. The SMILES string of the molecule is CC1(C)OC2C(O1)[C@@H](CO)O[C@H]2n1cnc2c(N3CCC(c4ccccc4)(c4ccccc4)C3)nc(Cl)nc21. The molecular formula is C29H30ClN5O4. The van der Waals surface area contributed by atoms with Crippen molar-refractivity contribution in [3.8, 4) is 0 Å². The molecule has 202 valence electrons. The van der Waals surface area contributed by atoms with E-state index in [2.05, 4.69) is 63.4 Å². The number of halogens is 1. The predicted octanol–water partition coefficient (Wildman–Crippen LogP) is 4.09. The highest BCUT2D eigenvalue weighted by atomic mass is 35.5. The molecule has 4 atom stereocenters. The molecular weight excluding hydrogens is 518 g/mol. The lowest BCUT2D eigenvalue weighted by Crippen LogP contribution is -2.32. The van der Waals surface area contributed by atoms with Gasteiger partial charge in [0.25, 0.3) is 0 Å². The number of nitrogens with zero attached hydrogens (tertiary/aromatic N) is 5. The van der Waals surface area contributed by atoms with Gasteiger partial charge in [0.15, 0.2) is 29.0 Å². The maximum atomic E-state index is 9.94. The molecule has 2 aromatic heterocycles. The van der Waals surface area contributed by atoms with Gasteiger partial charge in [0.2, 0.25) is 5.28 Å². The summed E-state index contributed by atoms with van der Waals surface area (Å²) in [5.41, 5.74) is 3.52. The summed E-state index contributed by atoms with van der Waals surface area (Å²) in [5, 5.41) is 10.1. The molecule has 3 fully saturated rings. The van der Waals surface area contributed by atoms with E-state index in [4.69, 9.17) is 30.8 Å². The standard InChI is InChI=1S/C29H30ClN5O4/c1-28(2)38-22-20(15-36)37-26(23(22)39-28)35-17-31-21-24(32-27(30)33-25(21)35)34-14-13-29(16-34,18-9-5-3-6-10-18)19-11-7-4-8-12-19/h3-12,17,20,22-23,26,36H,13-16H2,1-2H3/t20-,22?,23?,26-/m1/s1. The molecule has 10 heteroatoms.